The van der Waals surface area contributed by atoms with Crippen molar-refractivity contribution in [2.24, 2.45) is 0 Å². The van der Waals surface area contributed by atoms with Crippen LogP contribution >= 0.6 is 11.3 Å². The van der Waals surface area contributed by atoms with E-state index in [9.17, 15) is 4.79 Å². The Morgan fingerprint density at radius 2 is 1.87 bits per heavy atom. The molecule has 7 nitrogen and oxygen atoms in total. The lowest BCUT2D eigenvalue weighted by Crippen LogP contribution is -2.14. The molecule has 8 heteroatoms. The lowest BCUT2D eigenvalue weighted by molar-refractivity contribution is 0.101. The molecule has 3 aromatic rings. The zero-order valence-electron chi connectivity index (χ0n) is 16.8. The number of anilines is 1. The minimum atomic E-state index is -0.0664. The topological polar surface area (TPSA) is 78.9 Å². The van der Waals surface area contributed by atoms with Crippen molar-refractivity contribution >= 4 is 22.3 Å². The fourth-order valence-corrected chi connectivity index (χ4v) is 3.80. The van der Waals surface area contributed by atoms with E-state index in [4.69, 9.17) is 18.9 Å². The van der Waals surface area contributed by atoms with Gasteiger partial charge in [-0.1, -0.05) is 0 Å². The number of methoxy groups -OCH3 is 2. The first-order valence-electron chi connectivity index (χ1n) is 9.52. The first-order valence-corrected chi connectivity index (χ1v) is 10.4. The maximum atomic E-state index is 12.5. The van der Waals surface area contributed by atoms with Crippen molar-refractivity contribution in [3.63, 3.8) is 0 Å². The van der Waals surface area contributed by atoms with Crippen LogP contribution in [-0.2, 0) is 0 Å². The number of ether oxygens (including phenoxy) is 4. The number of carbonyl (C=O) groups is 1. The van der Waals surface area contributed by atoms with Gasteiger partial charge in [-0.3, -0.25) is 4.79 Å². The van der Waals surface area contributed by atoms with E-state index in [-0.39, 0.29) is 12.3 Å². The van der Waals surface area contributed by atoms with E-state index in [1.54, 1.807) is 32.4 Å². The third-order valence-electron chi connectivity index (χ3n) is 4.65. The van der Waals surface area contributed by atoms with Crippen LogP contribution < -0.4 is 24.3 Å². The summed E-state index contributed by atoms with van der Waals surface area (Å²) in [6, 6.07) is 10.9. The average Bonchev–Trinajstić information content (AvgIpc) is 3.14. The number of carbonyl (C=O) groups excluding carboxylic acids is 1. The normalized spacial score (nSPS) is 12.7. The quantitative estimate of drug-likeness (QED) is 0.565. The van der Waals surface area contributed by atoms with Gasteiger partial charge in [0.15, 0.2) is 33.9 Å². The summed E-state index contributed by atoms with van der Waals surface area (Å²) in [6.07, 6.45) is 0.864. The van der Waals surface area contributed by atoms with Gasteiger partial charge < -0.3 is 24.3 Å². The molecule has 156 valence electrons. The van der Waals surface area contributed by atoms with Crippen molar-refractivity contribution in [3.05, 3.63) is 47.3 Å². The van der Waals surface area contributed by atoms with Gasteiger partial charge in [0.05, 0.1) is 39.7 Å². The number of hydrogen-bond donors (Lipinski definition) is 1. The predicted molar refractivity (Wildman–Crippen MR) is 116 cm³/mol. The fraction of sp³-hybridized carbons (Fsp3) is 0.273. The Bertz CT molecular complexity index is 1050. The van der Waals surface area contributed by atoms with Crippen LogP contribution in [0.1, 0.15) is 16.8 Å². The second-order valence-corrected chi connectivity index (χ2v) is 7.45. The van der Waals surface area contributed by atoms with Crippen molar-refractivity contribution < 1.29 is 23.7 Å². The minimum absolute atomic E-state index is 0.0664. The first-order chi connectivity index (χ1) is 14.7. The molecular formula is C22H22N2O5S. The molecule has 1 aliphatic rings. The summed E-state index contributed by atoms with van der Waals surface area (Å²) < 4.78 is 21.9. The van der Waals surface area contributed by atoms with Crippen LogP contribution in [0.5, 0.6) is 23.0 Å². The van der Waals surface area contributed by atoms with Crippen molar-refractivity contribution in [3.8, 4) is 34.3 Å². The van der Waals surface area contributed by atoms with Crippen LogP contribution in [0.4, 0.5) is 5.13 Å². The lowest BCUT2D eigenvalue weighted by Gasteiger charge is -2.09. The van der Waals surface area contributed by atoms with E-state index in [2.05, 4.69) is 10.3 Å². The molecular weight excluding hydrogens is 404 g/mol. The van der Waals surface area contributed by atoms with Crippen LogP contribution in [0.3, 0.4) is 0 Å². The third-order valence-corrected chi connectivity index (χ3v) is 5.45. The number of ketones is 1. The minimum Gasteiger partial charge on any atom is -0.493 e. The van der Waals surface area contributed by atoms with Gasteiger partial charge in [-0.25, -0.2) is 4.98 Å². The molecule has 0 aliphatic carbocycles. The van der Waals surface area contributed by atoms with E-state index in [1.165, 1.54) is 11.3 Å². The summed E-state index contributed by atoms with van der Waals surface area (Å²) in [4.78, 5) is 17.1. The maximum absolute atomic E-state index is 12.5. The van der Waals surface area contributed by atoms with Crippen molar-refractivity contribution in [1.29, 1.82) is 0 Å². The van der Waals surface area contributed by atoms with E-state index < -0.39 is 0 Å². The van der Waals surface area contributed by atoms with Gasteiger partial charge in [0.1, 0.15) is 0 Å². The second-order valence-electron chi connectivity index (χ2n) is 6.60. The predicted octanol–water partition coefficient (Wildman–Crippen LogP) is 4.28. The van der Waals surface area contributed by atoms with Gasteiger partial charge in [0.25, 0.3) is 0 Å². The third kappa shape index (κ3) is 4.33. The number of rotatable bonds is 7. The molecule has 0 atom stereocenters. The molecule has 0 amide bonds. The fourth-order valence-electron chi connectivity index (χ4n) is 3.08. The summed E-state index contributed by atoms with van der Waals surface area (Å²) >= 11 is 1.45. The molecule has 1 aromatic heterocycles. The van der Waals surface area contributed by atoms with E-state index in [1.807, 2.05) is 23.6 Å². The molecule has 30 heavy (non-hydrogen) atoms. The number of benzene rings is 2. The molecule has 2 aromatic carbocycles. The standard InChI is InChI=1S/C22H22N2O5S/c1-26-18-6-5-15(11-20(18)27-2)17(25)12-23-22-24-16(13-30-22)14-4-7-19-21(10-14)29-9-3-8-28-19/h4-7,10-11,13H,3,8-9,12H2,1-2H3,(H,23,24). The zero-order valence-corrected chi connectivity index (χ0v) is 17.6. The molecule has 0 fully saturated rings. The number of hydrogen-bond acceptors (Lipinski definition) is 8. The van der Waals surface area contributed by atoms with Gasteiger partial charge in [-0.05, 0) is 36.4 Å². The summed E-state index contributed by atoms with van der Waals surface area (Å²) in [6.45, 7) is 1.42. The Hall–Kier alpha value is -3.26. The summed E-state index contributed by atoms with van der Waals surface area (Å²) in [5, 5.41) is 5.72. The van der Waals surface area contributed by atoms with Crippen molar-refractivity contribution in [1.82, 2.24) is 4.98 Å². The molecule has 0 saturated heterocycles. The van der Waals surface area contributed by atoms with Crippen molar-refractivity contribution in [2.75, 3.05) is 39.3 Å². The SMILES string of the molecule is COc1ccc(C(=O)CNc2nc(-c3ccc4c(c3)OCCCO4)cs2)cc1OC. The van der Waals surface area contributed by atoms with Crippen LogP contribution in [0.15, 0.2) is 41.8 Å². The van der Waals surface area contributed by atoms with E-state index >= 15 is 0 Å². The molecule has 0 saturated carbocycles. The van der Waals surface area contributed by atoms with E-state index in [0.29, 0.717) is 35.4 Å². The molecule has 0 bridgehead atoms. The maximum Gasteiger partial charge on any atom is 0.183 e. The Kier molecular flexibility index (Phi) is 6.04. The molecule has 1 N–H and O–H groups in total. The number of nitrogens with zero attached hydrogens (tertiary/aromatic N) is 1. The number of aromatic nitrogens is 1. The number of thiazole rings is 1. The number of fused-ring (bicyclic) bond motifs is 1. The van der Waals surface area contributed by atoms with Crippen LogP contribution in [-0.4, -0.2) is 44.7 Å². The van der Waals surface area contributed by atoms with Gasteiger partial charge in [-0.15, -0.1) is 11.3 Å². The van der Waals surface area contributed by atoms with Gasteiger partial charge in [-0.2, -0.15) is 0 Å². The smallest absolute Gasteiger partial charge is 0.183 e. The van der Waals surface area contributed by atoms with Crippen LogP contribution in [0.25, 0.3) is 11.3 Å². The van der Waals surface area contributed by atoms with Crippen LogP contribution in [0, 0.1) is 0 Å². The largest absolute Gasteiger partial charge is 0.493 e. The monoisotopic (exact) mass is 426 g/mol. The second kappa shape index (κ2) is 9.04. The molecule has 4 rings (SSSR count). The van der Waals surface area contributed by atoms with Gasteiger partial charge in [0.2, 0.25) is 0 Å². The van der Waals surface area contributed by atoms with Gasteiger partial charge in [0, 0.05) is 22.9 Å². The Morgan fingerprint density at radius 1 is 1.07 bits per heavy atom. The molecule has 2 heterocycles. The highest BCUT2D eigenvalue weighted by atomic mass is 32.1. The zero-order chi connectivity index (χ0) is 20.9. The number of Topliss-reactive ketones (excluding diaryl/α,β-unsaturated/α-hetero) is 1. The summed E-state index contributed by atoms with van der Waals surface area (Å²) in [5.41, 5.74) is 2.30. The molecule has 1 aliphatic heterocycles. The highest BCUT2D eigenvalue weighted by Crippen LogP contribution is 2.35. The van der Waals surface area contributed by atoms with E-state index in [0.717, 1.165) is 29.2 Å². The highest BCUT2D eigenvalue weighted by Gasteiger charge is 2.14. The summed E-state index contributed by atoms with van der Waals surface area (Å²) in [5.74, 6) is 2.53. The first kappa shape index (κ1) is 20.0. The Balaban J connectivity index is 1.43. The lowest BCUT2D eigenvalue weighted by atomic mass is 10.1. The Morgan fingerprint density at radius 3 is 2.67 bits per heavy atom. The highest BCUT2D eigenvalue weighted by molar-refractivity contribution is 7.14. The Labute approximate surface area is 178 Å². The molecule has 0 unspecified atom stereocenters. The van der Waals surface area contributed by atoms with Crippen molar-refractivity contribution in [2.45, 2.75) is 6.42 Å². The summed E-state index contributed by atoms with van der Waals surface area (Å²) in [7, 11) is 3.10. The number of nitrogens with one attached hydrogen (secondary N) is 1. The van der Waals surface area contributed by atoms with Crippen LogP contribution in [0.2, 0.25) is 0 Å². The van der Waals surface area contributed by atoms with Gasteiger partial charge >= 0.3 is 0 Å². The molecule has 0 radical (unpaired) electrons. The molecule has 0 spiro atoms. The average molecular weight is 426 g/mol.